The van der Waals surface area contributed by atoms with Crippen LogP contribution in [0.2, 0.25) is 0 Å². The van der Waals surface area contributed by atoms with Crippen LogP contribution in [-0.4, -0.2) is 62.6 Å². The van der Waals surface area contributed by atoms with E-state index >= 15 is 0 Å². The molecule has 3 aromatic carbocycles. The van der Waals surface area contributed by atoms with Crippen LogP contribution in [0.25, 0.3) is 0 Å². The van der Waals surface area contributed by atoms with Crippen molar-refractivity contribution in [3.05, 3.63) is 89.5 Å². The Morgan fingerprint density at radius 3 is 1.27 bits per heavy atom. The Morgan fingerprint density at radius 2 is 0.878 bits per heavy atom. The Hall–Kier alpha value is -2.69. The second-order valence-corrected chi connectivity index (χ2v) is 14.6. The van der Waals surface area contributed by atoms with Crippen LogP contribution in [-0.2, 0) is 52.4 Å². The number of fused-ring (bicyclic) bond motifs is 2. The highest BCUT2D eigenvalue weighted by atomic mass is 32.2. The van der Waals surface area contributed by atoms with E-state index in [0.717, 1.165) is 16.7 Å². The van der Waals surface area contributed by atoms with Gasteiger partial charge < -0.3 is 9.47 Å². The van der Waals surface area contributed by atoms with Gasteiger partial charge in [-0.05, 0) is 57.2 Å². The predicted octanol–water partition coefficient (Wildman–Crippen LogP) is 2.99. The molecule has 2 fully saturated rings. The lowest BCUT2D eigenvalue weighted by molar-refractivity contribution is -0.206. The molecule has 220 valence electrons. The molecule has 5 rings (SSSR count). The maximum atomic E-state index is 13.4. The molecule has 0 unspecified atom stereocenters. The molecule has 0 saturated carbocycles. The first kappa shape index (κ1) is 29.8. The van der Waals surface area contributed by atoms with Gasteiger partial charge in [0.15, 0.2) is 12.4 Å². The van der Waals surface area contributed by atoms with Crippen molar-refractivity contribution in [3.63, 3.8) is 0 Å². The number of ether oxygens (including phenoxy) is 2. The summed E-state index contributed by atoms with van der Waals surface area (Å²) in [5.74, 6) is 0. The lowest BCUT2D eigenvalue weighted by Gasteiger charge is -2.38. The molecule has 41 heavy (non-hydrogen) atoms. The summed E-state index contributed by atoms with van der Waals surface area (Å²) in [7, 11) is -13.6. The SMILES string of the molecule is Cc1ccc(S(=O)(=O)O[C@@H]2[C@@H](OS(=O)(=O)c3ccc(C)cc3)[C@@H]3OC[C@@H](O3)[C@H]2OS(=O)(=O)c2ccc(C)cc2)cc1. The van der Waals surface area contributed by atoms with Gasteiger partial charge in [0, 0.05) is 0 Å². The average Bonchev–Trinajstić information content (AvgIpc) is 3.36. The molecule has 2 heterocycles. The van der Waals surface area contributed by atoms with Gasteiger partial charge in [0.1, 0.15) is 18.3 Å². The predicted molar refractivity (Wildman–Crippen MR) is 144 cm³/mol. The molecule has 0 N–H and O–H groups in total. The molecular formula is C27H28O11S3. The van der Waals surface area contributed by atoms with E-state index in [2.05, 4.69) is 0 Å². The topological polar surface area (TPSA) is 149 Å². The van der Waals surface area contributed by atoms with Crippen molar-refractivity contribution in [1.82, 2.24) is 0 Å². The lowest BCUT2D eigenvalue weighted by atomic mass is 10.0. The van der Waals surface area contributed by atoms with E-state index in [4.69, 9.17) is 22.0 Å². The first-order valence-electron chi connectivity index (χ1n) is 12.5. The van der Waals surface area contributed by atoms with Crippen molar-refractivity contribution in [3.8, 4) is 0 Å². The molecule has 2 saturated heterocycles. The van der Waals surface area contributed by atoms with E-state index in [0.29, 0.717) is 0 Å². The van der Waals surface area contributed by atoms with Gasteiger partial charge >= 0.3 is 0 Å². The van der Waals surface area contributed by atoms with Crippen LogP contribution in [0.1, 0.15) is 16.7 Å². The normalized spacial score (nSPS) is 24.8. The Kier molecular flexibility index (Phi) is 8.13. The van der Waals surface area contributed by atoms with Gasteiger partial charge in [0.2, 0.25) is 0 Å². The number of aryl methyl sites for hydroxylation is 3. The third-order valence-electron chi connectivity index (χ3n) is 6.66. The van der Waals surface area contributed by atoms with Gasteiger partial charge in [-0.2, -0.15) is 25.3 Å². The maximum absolute atomic E-state index is 13.4. The van der Waals surface area contributed by atoms with Gasteiger partial charge in [-0.25, -0.2) is 0 Å². The van der Waals surface area contributed by atoms with Crippen LogP contribution >= 0.6 is 0 Å². The minimum Gasteiger partial charge on any atom is -0.347 e. The molecule has 2 aliphatic rings. The van der Waals surface area contributed by atoms with Crippen molar-refractivity contribution in [2.24, 2.45) is 0 Å². The first-order valence-corrected chi connectivity index (χ1v) is 16.7. The third-order valence-corrected chi connectivity index (χ3v) is 10.6. The quantitative estimate of drug-likeness (QED) is 0.324. The summed E-state index contributed by atoms with van der Waals surface area (Å²) in [6.45, 7) is 5.09. The summed E-state index contributed by atoms with van der Waals surface area (Å²) in [5, 5.41) is 0. The Balaban J connectivity index is 1.55. The molecule has 0 aromatic heterocycles. The smallest absolute Gasteiger partial charge is 0.297 e. The summed E-state index contributed by atoms with van der Waals surface area (Å²) in [6.07, 6.45) is -7.70. The Morgan fingerprint density at radius 1 is 0.537 bits per heavy atom. The monoisotopic (exact) mass is 624 g/mol. The standard InChI is InChI=1S/C27H28O11S3/c1-17-4-10-20(11-5-17)39(28,29)36-24-23-16-34-27(35-23)26(38-41(32,33)22-14-8-19(3)9-15-22)25(24)37-40(30,31)21-12-6-18(2)7-13-21/h4-15,23-27H,16H2,1-3H3/t23-,24-,25+,26-,27-/m1/s1. The van der Waals surface area contributed by atoms with Crippen molar-refractivity contribution in [2.45, 2.75) is 66.2 Å². The van der Waals surface area contributed by atoms with Crippen molar-refractivity contribution in [1.29, 1.82) is 0 Å². The Bertz CT molecular complexity index is 1630. The summed E-state index contributed by atoms with van der Waals surface area (Å²) in [4.78, 5) is -0.648. The minimum atomic E-state index is -4.57. The van der Waals surface area contributed by atoms with E-state index in [-0.39, 0.29) is 21.3 Å². The molecule has 14 heteroatoms. The molecule has 0 spiro atoms. The summed E-state index contributed by atoms with van der Waals surface area (Å²) >= 11 is 0. The molecule has 11 nitrogen and oxygen atoms in total. The minimum absolute atomic E-state index is 0.200. The third kappa shape index (κ3) is 6.39. The molecular weight excluding hydrogens is 596 g/mol. The van der Waals surface area contributed by atoms with Gasteiger partial charge in [-0.1, -0.05) is 53.1 Å². The average molecular weight is 625 g/mol. The fraction of sp³-hybridized carbons (Fsp3) is 0.333. The van der Waals surface area contributed by atoms with Crippen molar-refractivity contribution >= 4 is 30.4 Å². The molecule has 0 aliphatic carbocycles. The van der Waals surface area contributed by atoms with E-state index in [1.54, 1.807) is 57.2 Å². The lowest BCUT2D eigenvalue weighted by Crippen LogP contribution is -2.58. The van der Waals surface area contributed by atoms with Gasteiger partial charge in [0.25, 0.3) is 30.4 Å². The van der Waals surface area contributed by atoms with Crippen LogP contribution in [0.3, 0.4) is 0 Å². The highest BCUT2D eigenvalue weighted by molar-refractivity contribution is 7.87. The fourth-order valence-electron chi connectivity index (χ4n) is 4.39. The molecule has 5 atom stereocenters. The largest absolute Gasteiger partial charge is 0.347 e. The zero-order valence-electron chi connectivity index (χ0n) is 22.2. The van der Waals surface area contributed by atoms with E-state index in [1.807, 2.05) is 0 Å². The number of rotatable bonds is 9. The van der Waals surface area contributed by atoms with Gasteiger partial charge in [-0.3, -0.25) is 12.5 Å². The van der Waals surface area contributed by atoms with Gasteiger partial charge in [-0.15, -0.1) is 0 Å². The second-order valence-electron chi connectivity index (χ2n) is 9.86. The van der Waals surface area contributed by atoms with Crippen LogP contribution in [0.5, 0.6) is 0 Å². The highest BCUT2D eigenvalue weighted by Crippen LogP contribution is 2.38. The molecule has 0 amide bonds. The maximum Gasteiger partial charge on any atom is 0.297 e. The van der Waals surface area contributed by atoms with Crippen molar-refractivity contribution < 1.29 is 47.3 Å². The van der Waals surface area contributed by atoms with Crippen molar-refractivity contribution in [2.75, 3.05) is 6.61 Å². The van der Waals surface area contributed by atoms with Crippen LogP contribution in [0.4, 0.5) is 0 Å². The zero-order chi connectivity index (χ0) is 29.6. The number of hydrogen-bond donors (Lipinski definition) is 0. The second kappa shape index (κ2) is 11.2. The van der Waals surface area contributed by atoms with Crippen LogP contribution < -0.4 is 0 Å². The number of benzene rings is 3. The molecule has 3 aromatic rings. The molecule has 2 bridgehead atoms. The first-order chi connectivity index (χ1) is 19.2. The van der Waals surface area contributed by atoms with Gasteiger partial charge in [0.05, 0.1) is 21.3 Å². The van der Waals surface area contributed by atoms with E-state index in [9.17, 15) is 25.3 Å². The van der Waals surface area contributed by atoms with E-state index in [1.165, 1.54) is 36.4 Å². The van der Waals surface area contributed by atoms with Crippen LogP contribution in [0.15, 0.2) is 87.5 Å². The van der Waals surface area contributed by atoms with E-state index < -0.39 is 61.1 Å². The summed E-state index contributed by atoms with van der Waals surface area (Å²) in [5.41, 5.74) is 2.39. The zero-order valence-corrected chi connectivity index (χ0v) is 24.7. The number of hydrogen-bond acceptors (Lipinski definition) is 11. The fourth-order valence-corrected chi connectivity index (χ4v) is 7.66. The molecule has 0 radical (unpaired) electrons. The Labute approximate surface area is 239 Å². The molecule has 2 aliphatic heterocycles. The summed E-state index contributed by atoms with van der Waals surface area (Å²) < 4.78 is 108. The van der Waals surface area contributed by atoms with Crippen LogP contribution in [0, 0.1) is 20.8 Å². The summed E-state index contributed by atoms with van der Waals surface area (Å²) in [6, 6.07) is 17.3. The highest BCUT2D eigenvalue weighted by Gasteiger charge is 2.57.